The number of furan rings is 1. The highest BCUT2D eigenvalue weighted by molar-refractivity contribution is 7.19. The van der Waals surface area contributed by atoms with E-state index in [1.807, 2.05) is 41.7 Å². The van der Waals surface area contributed by atoms with E-state index in [1.165, 1.54) is 15.0 Å². The van der Waals surface area contributed by atoms with Gasteiger partial charge in [0.2, 0.25) is 0 Å². The van der Waals surface area contributed by atoms with Gasteiger partial charge in [0.05, 0.1) is 18.8 Å². The van der Waals surface area contributed by atoms with Gasteiger partial charge in [-0.1, -0.05) is 6.07 Å². The minimum Gasteiger partial charge on any atom is -0.497 e. The smallest absolute Gasteiger partial charge is 0.414 e. The number of hydrogen-bond acceptors (Lipinski definition) is 8. The Morgan fingerprint density at radius 3 is 2.66 bits per heavy atom. The van der Waals surface area contributed by atoms with Crippen LogP contribution in [-0.2, 0) is 9.59 Å². The van der Waals surface area contributed by atoms with E-state index in [9.17, 15) is 5.11 Å². The number of aliphatic hydroxyl groups is 1. The largest absolute Gasteiger partial charge is 0.497 e. The van der Waals surface area contributed by atoms with Crippen molar-refractivity contribution in [2.24, 2.45) is 0 Å². The molecule has 1 fully saturated rings. The second-order valence-electron chi connectivity index (χ2n) is 9.28. The zero-order valence-corrected chi connectivity index (χ0v) is 22.0. The first kappa shape index (κ1) is 27.4. The van der Waals surface area contributed by atoms with E-state index in [0.29, 0.717) is 18.5 Å². The molecular formula is C28H31NO8S. The van der Waals surface area contributed by atoms with E-state index in [4.69, 9.17) is 33.7 Å². The Balaban J connectivity index is 0.000000505. The maximum Gasteiger partial charge on any atom is 0.414 e. The molecule has 2 aromatic carbocycles. The van der Waals surface area contributed by atoms with Gasteiger partial charge in [0, 0.05) is 22.2 Å². The Morgan fingerprint density at radius 1 is 1.16 bits per heavy atom. The van der Waals surface area contributed by atoms with E-state index < -0.39 is 18.0 Å². The second-order valence-corrected chi connectivity index (χ2v) is 10.4. The van der Waals surface area contributed by atoms with Crippen LogP contribution in [0, 0.1) is 0 Å². The standard InChI is InChI=1S/C26H29NO4S.C2H2O4/c1-17-12-19(25-13-18-6-7-21(29-2)14-26(18)32-25)8-10-27(17)15-20(28)16-31-24-5-3-4-23-22(24)9-11-30-23;3-1(4)2(5)6/h3-7,9,11,13-14,17,19-20,28H,8,10,12,15-16H2,1-2H3;(H,3,4)(H,5,6)/t17-,19-,20-;/m0./s1. The van der Waals surface area contributed by atoms with Crippen LogP contribution in [0.3, 0.4) is 0 Å². The average molecular weight is 542 g/mol. The number of aliphatic carboxylic acids is 2. The topological polar surface area (TPSA) is 130 Å². The van der Waals surface area contributed by atoms with Gasteiger partial charge < -0.3 is 29.2 Å². The van der Waals surface area contributed by atoms with Gasteiger partial charge in [-0.05, 0) is 80.1 Å². The Morgan fingerprint density at radius 2 is 1.95 bits per heavy atom. The summed E-state index contributed by atoms with van der Waals surface area (Å²) < 4.78 is 18.0. The van der Waals surface area contributed by atoms with Crippen molar-refractivity contribution < 1.29 is 38.8 Å². The number of carboxylic acid groups (broad SMARTS) is 2. The minimum atomic E-state index is -1.82. The van der Waals surface area contributed by atoms with Gasteiger partial charge in [0.1, 0.15) is 29.8 Å². The third-order valence-electron chi connectivity index (χ3n) is 6.68. The van der Waals surface area contributed by atoms with Crippen LogP contribution < -0.4 is 9.47 Å². The predicted molar refractivity (Wildman–Crippen MR) is 144 cm³/mol. The molecule has 4 aromatic rings. The highest BCUT2D eigenvalue weighted by atomic mass is 32.1. The van der Waals surface area contributed by atoms with E-state index in [1.54, 1.807) is 13.4 Å². The quantitative estimate of drug-likeness (QED) is 0.282. The summed E-state index contributed by atoms with van der Waals surface area (Å²) in [6, 6.07) is 16.7. The number of aliphatic hydroxyl groups excluding tert-OH is 1. The molecule has 0 radical (unpaired) electrons. The van der Waals surface area contributed by atoms with E-state index >= 15 is 0 Å². The number of likely N-dealkylation sites (tertiary alicyclic amines) is 1. The van der Waals surface area contributed by atoms with Crippen LogP contribution in [-0.4, -0.2) is 71.1 Å². The molecule has 5 rings (SSSR count). The lowest BCUT2D eigenvalue weighted by molar-refractivity contribution is -0.159. The minimum absolute atomic E-state index is 0.273. The molecule has 0 spiro atoms. The molecule has 1 aliphatic heterocycles. The fraction of sp³-hybridized carbons (Fsp3) is 0.357. The molecule has 3 atom stereocenters. The molecule has 10 heteroatoms. The number of benzene rings is 2. The van der Waals surface area contributed by atoms with Gasteiger partial charge >= 0.3 is 11.9 Å². The number of thiophene rings is 1. The fourth-order valence-corrected chi connectivity index (χ4v) is 5.95. The maximum absolute atomic E-state index is 10.6. The molecule has 0 unspecified atom stereocenters. The number of carboxylic acids is 2. The molecule has 3 heterocycles. The molecule has 0 bridgehead atoms. The van der Waals surface area contributed by atoms with Gasteiger partial charge in [0.25, 0.3) is 0 Å². The van der Waals surface area contributed by atoms with Crippen molar-refractivity contribution in [1.82, 2.24) is 4.90 Å². The lowest BCUT2D eigenvalue weighted by Crippen LogP contribution is -2.45. The summed E-state index contributed by atoms with van der Waals surface area (Å²) in [6.07, 6.45) is 3.34. The summed E-state index contributed by atoms with van der Waals surface area (Å²) >= 11 is 1.88. The molecule has 38 heavy (non-hydrogen) atoms. The van der Waals surface area contributed by atoms with E-state index in [2.05, 4.69) is 30.0 Å². The predicted octanol–water partition coefficient (Wildman–Crippen LogP) is 4.82. The second kappa shape index (κ2) is 12.3. The number of methoxy groups -OCH3 is 1. The Hall–Kier alpha value is -3.60. The van der Waals surface area contributed by atoms with Crippen molar-refractivity contribution in [3.8, 4) is 11.5 Å². The first-order valence-corrected chi connectivity index (χ1v) is 13.1. The van der Waals surface area contributed by atoms with Gasteiger partial charge in [0.15, 0.2) is 0 Å². The van der Waals surface area contributed by atoms with E-state index in [0.717, 1.165) is 41.9 Å². The Kier molecular flexibility index (Phi) is 8.88. The van der Waals surface area contributed by atoms with Gasteiger partial charge in [-0.25, -0.2) is 9.59 Å². The lowest BCUT2D eigenvalue weighted by atomic mass is 9.90. The van der Waals surface area contributed by atoms with Crippen molar-refractivity contribution in [2.45, 2.75) is 37.8 Å². The molecule has 0 aliphatic carbocycles. The number of fused-ring (bicyclic) bond motifs is 2. The molecule has 3 N–H and O–H groups in total. The molecule has 1 aliphatic rings. The summed E-state index contributed by atoms with van der Waals surface area (Å²) in [5, 5.41) is 27.6. The molecule has 202 valence electrons. The zero-order valence-electron chi connectivity index (χ0n) is 21.2. The number of carbonyl (C=O) groups is 2. The highest BCUT2D eigenvalue weighted by Gasteiger charge is 2.29. The summed E-state index contributed by atoms with van der Waals surface area (Å²) in [4.78, 5) is 22.0. The van der Waals surface area contributed by atoms with Crippen molar-refractivity contribution in [1.29, 1.82) is 0 Å². The number of β-amino-alcohol motifs (C(OH)–C–C–N with tert-alkyl or cyclic N) is 1. The van der Waals surface area contributed by atoms with Crippen LogP contribution in [0.25, 0.3) is 21.1 Å². The molecule has 0 amide bonds. The molecule has 9 nitrogen and oxygen atoms in total. The van der Waals surface area contributed by atoms with E-state index in [-0.39, 0.29) is 6.61 Å². The van der Waals surface area contributed by atoms with Crippen molar-refractivity contribution in [2.75, 3.05) is 26.8 Å². The fourth-order valence-electron chi connectivity index (χ4n) is 4.71. The number of rotatable bonds is 7. The van der Waals surface area contributed by atoms with Gasteiger partial charge in [-0.3, -0.25) is 4.90 Å². The first-order chi connectivity index (χ1) is 18.2. The normalized spacial score (nSPS) is 18.5. The van der Waals surface area contributed by atoms with Crippen LogP contribution in [0.1, 0.15) is 30.6 Å². The van der Waals surface area contributed by atoms with Crippen LogP contribution in [0.5, 0.6) is 11.5 Å². The van der Waals surface area contributed by atoms with Crippen molar-refractivity contribution >= 4 is 44.3 Å². The maximum atomic E-state index is 10.6. The molecule has 0 saturated carbocycles. The zero-order chi connectivity index (χ0) is 27.2. The van der Waals surface area contributed by atoms with Gasteiger partial charge in [-0.15, -0.1) is 11.3 Å². The van der Waals surface area contributed by atoms with Crippen LogP contribution in [0.2, 0.25) is 0 Å². The average Bonchev–Trinajstić information content (AvgIpc) is 3.56. The number of ether oxygens (including phenoxy) is 2. The van der Waals surface area contributed by atoms with Crippen LogP contribution in [0.4, 0.5) is 0 Å². The number of hydrogen-bond donors (Lipinski definition) is 3. The molecule has 1 saturated heterocycles. The van der Waals surface area contributed by atoms with Crippen LogP contribution >= 0.6 is 11.3 Å². The van der Waals surface area contributed by atoms with Gasteiger partial charge in [-0.2, -0.15) is 0 Å². The molecule has 2 aromatic heterocycles. The summed E-state index contributed by atoms with van der Waals surface area (Å²) in [7, 11) is 1.71. The third-order valence-corrected chi connectivity index (χ3v) is 7.94. The first-order valence-electron chi connectivity index (χ1n) is 12.3. The van der Waals surface area contributed by atoms with Crippen LogP contribution in [0.15, 0.2) is 59.2 Å². The Labute approximate surface area is 223 Å². The summed E-state index contributed by atoms with van der Waals surface area (Å²) in [6.45, 7) is 4.15. The molecular weight excluding hydrogens is 510 g/mol. The van der Waals surface area contributed by atoms with Crippen molar-refractivity contribution in [3.63, 3.8) is 0 Å². The highest BCUT2D eigenvalue weighted by Crippen LogP contribution is 2.39. The monoisotopic (exact) mass is 541 g/mol. The van der Waals surface area contributed by atoms with Crippen molar-refractivity contribution in [3.05, 3.63) is 59.7 Å². The number of nitrogens with zero attached hydrogens (tertiary/aromatic N) is 1. The summed E-state index contributed by atoms with van der Waals surface area (Å²) in [5.74, 6) is -1.42. The number of piperidine rings is 1. The SMILES string of the molecule is COc1ccc2cc([C@H]3CCN(C[C@H](O)COc4cccc5occc45)[C@@H](C)C3)sc2c1.O=C(O)C(=O)O. The third kappa shape index (κ3) is 6.63. The Bertz CT molecular complexity index is 1380. The summed E-state index contributed by atoms with van der Waals surface area (Å²) in [5.41, 5.74) is 0.798. The lowest BCUT2D eigenvalue weighted by Gasteiger charge is -2.38.